The van der Waals surface area contributed by atoms with Gasteiger partial charge in [0.15, 0.2) is 0 Å². The Balaban J connectivity index is 0.00000121. The molecule has 1 amide bonds. The highest BCUT2D eigenvalue weighted by atomic mass is 35.5. The van der Waals surface area contributed by atoms with E-state index in [4.69, 9.17) is 4.74 Å². The molecule has 22 heavy (non-hydrogen) atoms. The van der Waals surface area contributed by atoms with Crippen molar-refractivity contribution in [3.63, 3.8) is 0 Å². The molecule has 0 aromatic carbocycles. The van der Waals surface area contributed by atoms with Gasteiger partial charge in [-0.15, -0.1) is 24.8 Å². The fraction of sp³-hybridized carbons (Fsp3) is 0.933. The van der Waals surface area contributed by atoms with Crippen LogP contribution in [-0.4, -0.2) is 73.2 Å². The minimum atomic E-state index is 0. The van der Waals surface area contributed by atoms with E-state index in [1.165, 1.54) is 0 Å². The van der Waals surface area contributed by atoms with Crippen LogP contribution >= 0.6 is 24.8 Å². The highest BCUT2D eigenvalue weighted by Gasteiger charge is 2.32. The topological polar surface area (TPSA) is 44.8 Å². The average Bonchev–Trinajstić information content (AvgIpc) is 3.01. The van der Waals surface area contributed by atoms with Gasteiger partial charge in [0.2, 0.25) is 5.91 Å². The lowest BCUT2D eigenvalue weighted by Gasteiger charge is -2.42. The van der Waals surface area contributed by atoms with Crippen LogP contribution in [0.5, 0.6) is 0 Å². The fourth-order valence-electron chi connectivity index (χ4n) is 3.74. The van der Waals surface area contributed by atoms with Crippen molar-refractivity contribution in [1.82, 2.24) is 15.1 Å². The Morgan fingerprint density at radius 3 is 2.45 bits per heavy atom. The summed E-state index contributed by atoms with van der Waals surface area (Å²) in [4.78, 5) is 17.0. The summed E-state index contributed by atoms with van der Waals surface area (Å²) in [6, 6.07) is 0.733. The minimum absolute atomic E-state index is 0. The van der Waals surface area contributed by atoms with Crippen LogP contribution in [0.1, 0.15) is 32.6 Å². The van der Waals surface area contributed by atoms with Crippen LogP contribution in [0.25, 0.3) is 0 Å². The minimum Gasteiger partial charge on any atom is -0.376 e. The van der Waals surface area contributed by atoms with Crippen LogP contribution in [0.3, 0.4) is 0 Å². The monoisotopic (exact) mass is 353 g/mol. The summed E-state index contributed by atoms with van der Waals surface area (Å²) < 4.78 is 5.61. The SMILES string of the molecule is CC1CN(C2CCN(C(=O)[C@@H]3CCCN3)CC2)CCO1.Cl.Cl. The van der Waals surface area contributed by atoms with Gasteiger partial charge in [0.05, 0.1) is 18.8 Å². The smallest absolute Gasteiger partial charge is 0.239 e. The van der Waals surface area contributed by atoms with Crippen molar-refractivity contribution in [2.24, 2.45) is 0 Å². The third kappa shape index (κ3) is 4.71. The summed E-state index contributed by atoms with van der Waals surface area (Å²) in [6.45, 7) is 7.94. The van der Waals surface area contributed by atoms with Crippen LogP contribution in [-0.2, 0) is 9.53 Å². The summed E-state index contributed by atoms with van der Waals surface area (Å²) in [7, 11) is 0. The Morgan fingerprint density at radius 2 is 1.86 bits per heavy atom. The van der Waals surface area contributed by atoms with E-state index in [0.29, 0.717) is 18.1 Å². The molecule has 2 atom stereocenters. The molecule has 0 aromatic rings. The van der Waals surface area contributed by atoms with Gasteiger partial charge in [0, 0.05) is 32.2 Å². The number of carbonyl (C=O) groups excluding carboxylic acids is 1. The Morgan fingerprint density at radius 1 is 1.14 bits per heavy atom. The third-order valence-electron chi connectivity index (χ3n) is 4.92. The molecular weight excluding hydrogens is 325 g/mol. The molecule has 3 saturated heterocycles. The van der Waals surface area contributed by atoms with E-state index in [-0.39, 0.29) is 30.9 Å². The van der Waals surface area contributed by atoms with Gasteiger partial charge in [-0.05, 0) is 39.2 Å². The largest absolute Gasteiger partial charge is 0.376 e. The first-order chi connectivity index (χ1) is 9.74. The lowest BCUT2D eigenvalue weighted by molar-refractivity contribution is -0.135. The van der Waals surface area contributed by atoms with Gasteiger partial charge in [-0.3, -0.25) is 9.69 Å². The average molecular weight is 354 g/mol. The van der Waals surface area contributed by atoms with Crippen molar-refractivity contribution in [2.75, 3.05) is 39.3 Å². The molecule has 130 valence electrons. The Hall–Kier alpha value is -0.0700. The van der Waals surface area contributed by atoms with Gasteiger partial charge in [-0.25, -0.2) is 0 Å². The molecule has 3 aliphatic rings. The zero-order valence-electron chi connectivity index (χ0n) is 13.3. The first-order valence-corrected chi connectivity index (χ1v) is 8.12. The summed E-state index contributed by atoms with van der Waals surface area (Å²) in [5.74, 6) is 0.330. The highest BCUT2D eigenvalue weighted by molar-refractivity contribution is 5.85. The normalized spacial score (nSPS) is 30.5. The maximum Gasteiger partial charge on any atom is 0.239 e. The van der Waals surface area contributed by atoms with Crippen LogP contribution in [0.4, 0.5) is 0 Å². The molecule has 5 nitrogen and oxygen atoms in total. The molecule has 0 saturated carbocycles. The number of halogens is 2. The summed E-state index contributed by atoms with van der Waals surface area (Å²) >= 11 is 0. The molecule has 0 aliphatic carbocycles. The molecule has 0 bridgehead atoms. The van der Waals surface area contributed by atoms with Crippen LogP contribution in [0, 0.1) is 0 Å². The molecule has 0 radical (unpaired) electrons. The summed E-state index contributed by atoms with van der Waals surface area (Å²) in [6.07, 6.45) is 4.74. The molecule has 1 N–H and O–H groups in total. The van der Waals surface area contributed by atoms with E-state index < -0.39 is 0 Å². The first-order valence-electron chi connectivity index (χ1n) is 8.12. The Labute approximate surface area is 145 Å². The Kier molecular flexibility index (Phi) is 8.43. The summed E-state index contributed by atoms with van der Waals surface area (Å²) in [5.41, 5.74) is 0. The number of hydrogen-bond acceptors (Lipinski definition) is 4. The Bertz CT molecular complexity index is 346. The van der Waals surface area contributed by atoms with Gasteiger partial charge in [0.25, 0.3) is 0 Å². The maximum atomic E-state index is 12.4. The molecule has 7 heteroatoms. The second-order valence-corrected chi connectivity index (χ2v) is 6.38. The number of nitrogens with zero attached hydrogens (tertiary/aromatic N) is 2. The number of hydrogen-bond donors (Lipinski definition) is 1. The number of piperidine rings is 1. The maximum absolute atomic E-state index is 12.4. The molecule has 3 fully saturated rings. The number of rotatable bonds is 2. The fourth-order valence-corrected chi connectivity index (χ4v) is 3.74. The second kappa shape index (κ2) is 9.28. The van der Waals surface area contributed by atoms with E-state index in [2.05, 4.69) is 22.0 Å². The van der Waals surface area contributed by atoms with Crippen LogP contribution in [0.15, 0.2) is 0 Å². The van der Waals surface area contributed by atoms with E-state index in [1.807, 2.05) is 0 Å². The van der Waals surface area contributed by atoms with Crippen molar-refractivity contribution in [1.29, 1.82) is 0 Å². The van der Waals surface area contributed by atoms with Gasteiger partial charge in [0.1, 0.15) is 0 Å². The summed E-state index contributed by atoms with van der Waals surface area (Å²) in [5, 5.41) is 3.32. The molecule has 3 rings (SSSR count). The molecule has 1 unspecified atom stereocenters. The van der Waals surface area contributed by atoms with Gasteiger partial charge in [-0.1, -0.05) is 0 Å². The molecule has 0 aromatic heterocycles. The number of likely N-dealkylation sites (tertiary alicyclic amines) is 1. The van der Waals surface area contributed by atoms with Gasteiger partial charge >= 0.3 is 0 Å². The lowest BCUT2D eigenvalue weighted by Crippen LogP contribution is -2.53. The molecular formula is C15H29Cl2N3O2. The number of nitrogens with one attached hydrogen (secondary N) is 1. The number of morpholine rings is 1. The highest BCUT2D eigenvalue weighted by Crippen LogP contribution is 2.20. The standard InChI is InChI=1S/C15H27N3O2.2ClH/c1-12-11-18(9-10-20-12)13-4-7-17(8-5-13)15(19)14-3-2-6-16-14;;/h12-14,16H,2-11H2,1H3;2*1H/t12?,14-;;/m0../s1. The van der Waals surface area contributed by atoms with E-state index in [1.54, 1.807) is 0 Å². The van der Waals surface area contributed by atoms with Gasteiger partial charge in [-0.2, -0.15) is 0 Å². The lowest BCUT2D eigenvalue weighted by atomic mass is 10.0. The quantitative estimate of drug-likeness (QED) is 0.812. The first kappa shape index (κ1) is 20.0. The van der Waals surface area contributed by atoms with Crippen molar-refractivity contribution in [3.05, 3.63) is 0 Å². The number of amides is 1. The van der Waals surface area contributed by atoms with E-state index in [9.17, 15) is 4.79 Å². The van der Waals surface area contributed by atoms with Crippen LogP contribution in [0.2, 0.25) is 0 Å². The van der Waals surface area contributed by atoms with Crippen molar-refractivity contribution >= 4 is 30.7 Å². The predicted octanol–water partition coefficient (Wildman–Crippen LogP) is 1.29. The van der Waals surface area contributed by atoms with Gasteiger partial charge < -0.3 is 15.0 Å². The van der Waals surface area contributed by atoms with Crippen LogP contribution < -0.4 is 5.32 Å². The number of carbonyl (C=O) groups is 1. The molecule has 3 heterocycles. The van der Waals surface area contributed by atoms with E-state index in [0.717, 1.165) is 65.0 Å². The van der Waals surface area contributed by atoms with E-state index >= 15 is 0 Å². The predicted molar refractivity (Wildman–Crippen MR) is 92.1 cm³/mol. The molecule has 0 spiro atoms. The van der Waals surface area contributed by atoms with Crippen molar-refractivity contribution < 1.29 is 9.53 Å². The number of ether oxygens (including phenoxy) is 1. The van der Waals surface area contributed by atoms with Crippen molar-refractivity contribution in [3.8, 4) is 0 Å². The molecule has 3 aliphatic heterocycles. The zero-order valence-corrected chi connectivity index (χ0v) is 15.0. The third-order valence-corrected chi connectivity index (χ3v) is 4.92. The zero-order chi connectivity index (χ0) is 13.9. The van der Waals surface area contributed by atoms with Crippen molar-refractivity contribution in [2.45, 2.75) is 50.8 Å². The second-order valence-electron chi connectivity index (χ2n) is 6.38.